The second-order valence-electron chi connectivity index (χ2n) is 6.68. The van der Waals surface area contributed by atoms with Gasteiger partial charge in [0.25, 0.3) is 5.91 Å². The van der Waals surface area contributed by atoms with Crippen molar-refractivity contribution in [2.45, 2.75) is 18.7 Å². The van der Waals surface area contributed by atoms with E-state index in [1.54, 1.807) is 13.8 Å². The first-order valence-electron chi connectivity index (χ1n) is 10.0. The molecule has 0 saturated heterocycles. The summed E-state index contributed by atoms with van der Waals surface area (Å²) in [5.41, 5.74) is 0.288. The standard InChI is InChI=1S/C22H26N2O8S/c1-5-24(6-2)33(28,29)19-9-7-18(8-10-19)32-14-20(25)23-17-12-15(21(26)30-3)11-16(13-17)22(27)31-4/h7-13H,5-6,14H2,1-4H3,(H,23,25). The van der Waals surface area contributed by atoms with Gasteiger partial charge in [0.15, 0.2) is 6.61 Å². The van der Waals surface area contributed by atoms with Crippen LogP contribution in [0, 0.1) is 0 Å². The number of carbonyl (C=O) groups excluding carboxylic acids is 3. The van der Waals surface area contributed by atoms with E-state index in [2.05, 4.69) is 14.8 Å². The molecule has 10 nitrogen and oxygen atoms in total. The lowest BCUT2D eigenvalue weighted by molar-refractivity contribution is -0.118. The van der Waals surface area contributed by atoms with Crippen molar-refractivity contribution < 1.29 is 37.0 Å². The van der Waals surface area contributed by atoms with E-state index in [4.69, 9.17) is 4.74 Å². The van der Waals surface area contributed by atoms with E-state index in [9.17, 15) is 22.8 Å². The molecule has 1 N–H and O–H groups in total. The van der Waals surface area contributed by atoms with Crippen molar-refractivity contribution in [3.8, 4) is 5.75 Å². The molecule has 2 aromatic rings. The van der Waals surface area contributed by atoms with E-state index in [0.717, 1.165) is 0 Å². The molecule has 0 unspecified atom stereocenters. The first-order chi connectivity index (χ1) is 15.7. The number of rotatable bonds is 10. The number of sulfonamides is 1. The fourth-order valence-electron chi connectivity index (χ4n) is 2.94. The number of benzene rings is 2. The summed E-state index contributed by atoms with van der Waals surface area (Å²) in [5, 5.41) is 2.53. The summed E-state index contributed by atoms with van der Waals surface area (Å²) in [7, 11) is -1.21. The highest BCUT2D eigenvalue weighted by atomic mass is 32.2. The molecule has 178 valence electrons. The quantitative estimate of drug-likeness (QED) is 0.515. The highest BCUT2D eigenvalue weighted by molar-refractivity contribution is 7.89. The van der Waals surface area contributed by atoms with Gasteiger partial charge in [-0.25, -0.2) is 18.0 Å². The van der Waals surface area contributed by atoms with Crippen LogP contribution in [0.4, 0.5) is 5.69 Å². The number of hydrogen-bond donors (Lipinski definition) is 1. The summed E-state index contributed by atoms with van der Waals surface area (Å²) < 4.78 is 41.1. The number of ether oxygens (including phenoxy) is 3. The molecule has 0 aliphatic rings. The third-order valence-corrected chi connectivity index (χ3v) is 6.66. The van der Waals surface area contributed by atoms with Crippen LogP contribution in [0.2, 0.25) is 0 Å². The first kappa shape index (κ1) is 25.8. The van der Waals surface area contributed by atoms with Gasteiger partial charge in [-0.15, -0.1) is 0 Å². The lowest BCUT2D eigenvalue weighted by Crippen LogP contribution is -2.30. The van der Waals surface area contributed by atoms with Crippen LogP contribution in [0.15, 0.2) is 47.4 Å². The minimum atomic E-state index is -3.59. The number of hydrogen-bond acceptors (Lipinski definition) is 8. The van der Waals surface area contributed by atoms with Gasteiger partial charge in [0.2, 0.25) is 10.0 Å². The number of methoxy groups -OCH3 is 2. The fourth-order valence-corrected chi connectivity index (χ4v) is 4.40. The van der Waals surface area contributed by atoms with E-state index < -0.39 is 34.5 Å². The molecule has 33 heavy (non-hydrogen) atoms. The summed E-state index contributed by atoms with van der Waals surface area (Å²) >= 11 is 0. The molecule has 0 spiro atoms. The number of esters is 2. The Morgan fingerprint density at radius 3 is 1.85 bits per heavy atom. The predicted molar refractivity (Wildman–Crippen MR) is 120 cm³/mol. The van der Waals surface area contributed by atoms with Gasteiger partial charge in [0.1, 0.15) is 5.75 Å². The third kappa shape index (κ3) is 6.53. The molecule has 0 aliphatic heterocycles. The van der Waals surface area contributed by atoms with E-state index in [1.807, 2.05) is 0 Å². The molecule has 11 heteroatoms. The summed E-state index contributed by atoms with van der Waals surface area (Å²) in [6, 6.07) is 9.71. The zero-order valence-electron chi connectivity index (χ0n) is 18.8. The second-order valence-corrected chi connectivity index (χ2v) is 8.62. The molecular formula is C22H26N2O8S. The van der Waals surface area contributed by atoms with Crippen LogP contribution in [-0.2, 0) is 24.3 Å². The smallest absolute Gasteiger partial charge is 0.337 e. The maximum Gasteiger partial charge on any atom is 0.337 e. The number of nitrogens with one attached hydrogen (secondary N) is 1. The van der Waals surface area contributed by atoms with Crippen molar-refractivity contribution in [2.75, 3.05) is 39.2 Å². The Bertz CT molecular complexity index is 1080. The molecule has 0 bridgehead atoms. The molecule has 0 heterocycles. The molecule has 2 aromatic carbocycles. The van der Waals surface area contributed by atoms with E-state index in [-0.39, 0.29) is 21.7 Å². The minimum absolute atomic E-state index is 0.0571. The van der Waals surface area contributed by atoms with Gasteiger partial charge in [-0.2, -0.15) is 4.31 Å². The average Bonchev–Trinajstić information content (AvgIpc) is 2.82. The highest BCUT2D eigenvalue weighted by Crippen LogP contribution is 2.20. The Morgan fingerprint density at radius 2 is 1.39 bits per heavy atom. The number of amides is 1. The number of carbonyl (C=O) groups is 3. The largest absolute Gasteiger partial charge is 0.484 e. The molecule has 2 rings (SSSR count). The van der Waals surface area contributed by atoms with Crippen LogP contribution in [0.1, 0.15) is 34.6 Å². The molecule has 0 saturated carbocycles. The van der Waals surface area contributed by atoms with Crippen molar-refractivity contribution >= 4 is 33.6 Å². The average molecular weight is 479 g/mol. The lowest BCUT2D eigenvalue weighted by Gasteiger charge is -2.18. The Kier molecular flexibility index (Phi) is 8.94. The van der Waals surface area contributed by atoms with Gasteiger partial charge in [-0.3, -0.25) is 4.79 Å². The van der Waals surface area contributed by atoms with Gasteiger partial charge < -0.3 is 19.5 Å². The van der Waals surface area contributed by atoms with Crippen LogP contribution in [-0.4, -0.2) is 64.5 Å². The fraction of sp³-hybridized carbons (Fsp3) is 0.318. The summed E-state index contributed by atoms with van der Waals surface area (Å²) in [6.07, 6.45) is 0. The van der Waals surface area contributed by atoms with Gasteiger partial charge in [-0.1, -0.05) is 13.8 Å². The second kappa shape index (κ2) is 11.4. The molecule has 0 atom stereocenters. The SMILES string of the molecule is CCN(CC)S(=O)(=O)c1ccc(OCC(=O)Nc2cc(C(=O)OC)cc(C(=O)OC)c2)cc1. The van der Waals surface area contributed by atoms with Crippen LogP contribution in [0.25, 0.3) is 0 Å². The normalized spacial score (nSPS) is 11.1. The molecular weight excluding hydrogens is 452 g/mol. The number of nitrogens with zero attached hydrogens (tertiary/aromatic N) is 1. The van der Waals surface area contributed by atoms with Crippen LogP contribution in [0.5, 0.6) is 5.75 Å². The maximum atomic E-state index is 12.5. The monoisotopic (exact) mass is 478 g/mol. The summed E-state index contributed by atoms with van der Waals surface area (Å²) in [5.74, 6) is -1.64. The van der Waals surface area contributed by atoms with Gasteiger partial charge in [0.05, 0.1) is 30.2 Å². The molecule has 0 fully saturated rings. The Hall–Kier alpha value is -3.44. The van der Waals surface area contributed by atoms with E-state index in [0.29, 0.717) is 18.8 Å². The summed E-state index contributed by atoms with van der Waals surface area (Å²) in [6.45, 7) is 3.83. The molecule has 0 radical (unpaired) electrons. The maximum absolute atomic E-state index is 12.5. The topological polar surface area (TPSA) is 128 Å². The predicted octanol–water partition coefficient (Wildman–Crippen LogP) is 2.31. The number of anilines is 1. The van der Waals surface area contributed by atoms with E-state index in [1.165, 1.54) is 61.0 Å². The van der Waals surface area contributed by atoms with Gasteiger partial charge >= 0.3 is 11.9 Å². The van der Waals surface area contributed by atoms with Crippen LogP contribution < -0.4 is 10.1 Å². The minimum Gasteiger partial charge on any atom is -0.484 e. The molecule has 0 aliphatic carbocycles. The zero-order valence-corrected chi connectivity index (χ0v) is 19.6. The first-order valence-corrected chi connectivity index (χ1v) is 11.4. The van der Waals surface area contributed by atoms with Crippen LogP contribution >= 0.6 is 0 Å². The van der Waals surface area contributed by atoms with Crippen LogP contribution in [0.3, 0.4) is 0 Å². The molecule has 1 amide bonds. The van der Waals surface area contributed by atoms with Crippen molar-refractivity contribution in [1.29, 1.82) is 0 Å². The Morgan fingerprint density at radius 1 is 0.879 bits per heavy atom. The van der Waals surface area contributed by atoms with Gasteiger partial charge in [-0.05, 0) is 42.5 Å². The lowest BCUT2D eigenvalue weighted by atomic mass is 10.1. The Balaban J connectivity index is 2.08. The third-order valence-electron chi connectivity index (χ3n) is 4.60. The van der Waals surface area contributed by atoms with Crippen molar-refractivity contribution in [2.24, 2.45) is 0 Å². The Labute approximate surface area is 192 Å². The van der Waals surface area contributed by atoms with Crippen molar-refractivity contribution in [3.63, 3.8) is 0 Å². The van der Waals surface area contributed by atoms with Crippen molar-refractivity contribution in [3.05, 3.63) is 53.6 Å². The van der Waals surface area contributed by atoms with Crippen molar-refractivity contribution in [1.82, 2.24) is 4.31 Å². The molecule has 0 aromatic heterocycles. The van der Waals surface area contributed by atoms with E-state index >= 15 is 0 Å². The summed E-state index contributed by atoms with van der Waals surface area (Å²) in [4.78, 5) is 36.1. The van der Waals surface area contributed by atoms with Gasteiger partial charge in [0, 0.05) is 18.8 Å². The zero-order chi connectivity index (χ0) is 24.6. The highest BCUT2D eigenvalue weighted by Gasteiger charge is 2.21.